The number of aliphatic hydroxyl groups excluding tert-OH is 1. The molecule has 0 saturated carbocycles. The quantitative estimate of drug-likeness (QED) is 0.217. The lowest BCUT2D eigenvalue weighted by Gasteiger charge is -2.19. The summed E-state index contributed by atoms with van der Waals surface area (Å²) in [6.45, 7) is 4.31. The van der Waals surface area contributed by atoms with Crippen molar-refractivity contribution in [2.75, 3.05) is 32.8 Å². The molecular formula is C24H48N2O4. The number of amides is 1. The van der Waals surface area contributed by atoms with Crippen LogP contribution in [0.2, 0.25) is 0 Å². The molecule has 0 aliphatic heterocycles. The minimum Gasteiger partial charge on any atom is -0.550 e. The first-order valence-corrected chi connectivity index (χ1v) is 12.5. The number of aliphatic carboxylic acids is 1. The van der Waals surface area contributed by atoms with Gasteiger partial charge in [0.25, 0.3) is 0 Å². The van der Waals surface area contributed by atoms with Crippen LogP contribution in [-0.4, -0.2) is 49.8 Å². The molecule has 0 rings (SSSR count). The van der Waals surface area contributed by atoms with Gasteiger partial charge in [-0.25, -0.2) is 0 Å². The molecule has 30 heavy (non-hydrogen) atoms. The molecule has 1 unspecified atom stereocenters. The van der Waals surface area contributed by atoms with Crippen LogP contribution < -0.4 is 15.3 Å². The lowest BCUT2D eigenvalue weighted by Crippen LogP contribution is -3.13. The first-order chi connectivity index (χ1) is 14.6. The van der Waals surface area contributed by atoms with Crippen LogP contribution in [0.25, 0.3) is 0 Å². The predicted octanol–water partition coefficient (Wildman–Crippen LogP) is 1.99. The van der Waals surface area contributed by atoms with Gasteiger partial charge in [-0.2, -0.15) is 0 Å². The molecule has 0 aliphatic carbocycles. The van der Waals surface area contributed by atoms with Gasteiger partial charge in [0.05, 0.1) is 26.2 Å². The normalized spacial score (nSPS) is 12.1. The van der Waals surface area contributed by atoms with Crippen molar-refractivity contribution in [1.82, 2.24) is 5.32 Å². The van der Waals surface area contributed by atoms with Crippen molar-refractivity contribution in [2.45, 2.75) is 110 Å². The van der Waals surface area contributed by atoms with Gasteiger partial charge in [0.2, 0.25) is 5.91 Å². The maximum Gasteiger partial charge on any atom is 0.220 e. The van der Waals surface area contributed by atoms with Crippen molar-refractivity contribution in [1.29, 1.82) is 0 Å². The summed E-state index contributed by atoms with van der Waals surface area (Å²) in [6, 6.07) is 0. The molecule has 6 nitrogen and oxygen atoms in total. The fourth-order valence-corrected chi connectivity index (χ4v) is 3.76. The Kier molecular flexibility index (Phi) is 21.7. The molecule has 0 aliphatic rings. The summed E-state index contributed by atoms with van der Waals surface area (Å²) >= 11 is 0. The van der Waals surface area contributed by atoms with E-state index in [1.807, 2.05) is 0 Å². The first-order valence-electron chi connectivity index (χ1n) is 12.5. The van der Waals surface area contributed by atoms with E-state index >= 15 is 0 Å². The van der Waals surface area contributed by atoms with Crippen molar-refractivity contribution in [2.24, 2.45) is 0 Å². The van der Waals surface area contributed by atoms with E-state index in [4.69, 9.17) is 5.11 Å². The van der Waals surface area contributed by atoms with Crippen molar-refractivity contribution in [3.8, 4) is 0 Å². The van der Waals surface area contributed by atoms with Gasteiger partial charge in [0.15, 0.2) is 0 Å². The summed E-state index contributed by atoms with van der Waals surface area (Å²) in [5, 5.41) is 22.5. The standard InChI is InChI=1S/C24H48N2O4/c1-2-3-4-5-6-7-8-9-10-11-12-13-14-15-16-23(28)25-18-20-26(21-22-27)19-17-24(29)30/h27H,2-22H2,1H3,(H,25,28)(H,29,30). The Morgan fingerprint density at radius 1 is 0.733 bits per heavy atom. The maximum atomic E-state index is 11.9. The van der Waals surface area contributed by atoms with Crippen LogP contribution in [-0.2, 0) is 9.59 Å². The molecule has 178 valence electrons. The second kappa shape index (κ2) is 22.5. The molecule has 0 aromatic heterocycles. The van der Waals surface area contributed by atoms with Gasteiger partial charge < -0.3 is 25.2 Å². The van der Waals surface area contributed by atoms with Crippen molar-refractivity contribution in [3.63, 3.8) is 0 Å². The summed E-state index contributed by atoms with van der Waals surface area (Å²) in [5.41, 5.74) is 0. The van der Waals surface area contributed by atoms with E-state index in [1.165, 1.54) is 77.0 Å². The Morgan fingerprint density at radius 2 is 1.23 bits per heavy atom. The van der Waals surface area contributed by atoms with Crippen LogP contribution in [0.5, 0.6) is 0 Å². The third-order valence-electron chi connectivity index (χ3n) is 5.71. The zero-order chi connectivity index (χ0) is 22.3. The second-order valence-electron chi connectivity index (χ2n) is 8.54. The molecule has 3 N–H and O–H groups in total. The Balaban J connectivity index is 3.41. The van der Waals surface area contributed by atoms with E-state index < -0.39 is 5.97 Å². The van der Waals surface area contributed by atoms with E-state index in [2.05, 4.69) is 12.2 Å². The number of carboxylic acids is 1. The molecule has 0 radical (unpaired) electrons. The lowest BCUT2D eigenvalue weighted by molar-refractivity contribution is -0.898. The van der Waals surface area contributed by atoms with Crippen molar-refractivity contribution < 1.29 is 24.7 Å². The minimum absolute atomic E-state index is 0.00930. The summed E-state index contributed by atoms with van der Waals surface area (Å²) < 4.78 is 0. The zero-order valence-electron chi connectivity index (χ0n) is 19.5. The van der Waals surface area contributed by atoms with Gasteiger partial charge in [0, 0.05) is 18.8 Å². The largest absolute Gasteiger partial charge is 0.550 e. The number of unbranched alkanes of at least 4 members (excludes halogenated alkanes) is 13. The Hall–Kier alpha value is -1.14. The van der Waals surface area contributed by atoms with E-state index in [9.17, 15) is 14.7 Å². The fourth-order valence-electron chi connectivity index (χ4n) is 3.76. The molecule has 0 aromatic rings. The molecule has 1 atom stereocenters. The molecule has 0 saturated heterocycles. The average molecular weight is 429 g/mol. The smallest absolute Gasteiger partial charge is 0.220 e. The summed E-state index contributed by atoms with van der Waals surface area (Å²) in [7, 11) is 0. The highest BCUT2D eigenvalue weighted by Crippen LogP contribution is 2.13. The molecule has 1 amide bonds. The number of hydrogen-bond donors (Lipinski definition) is 3. The van der Waals surface area contributed by atoms with Crippen LogP contribution in [0, 0.1) is 0 Å². The highest BCUT2D eigenvalue weighted by Gasteiger charge is 2.09. The maximum absolute atomic E-state index is 11.9. The van der Waals surface area contributed by atoms with Gasteiger partial charge in [-0.05, 0) is 6.42 Å². The van der Waals surface area contributed by atoms with Gasteiger partial charge in [0.1, 0.15) is 6.54 Å². The van der Waals surface area contributed by atoms with Gasteiger partial charge in [-0.3, -0.25) is 4.79 Å². The fraction of sp³-hybridized carbons (Fsp3) is 0.917. The molecule has 6 heteroatoms. The molecule has 0 aromatic carbocycles. The summed E-state index contributed by atoms with van der Waals surface area (Å²) in [4.78, 5) is 23.4. The monoisotopic (exact) mass is 428 g/mol. The van der Waals surface area contributed by atoms with Gasteiger partial charge >= 0.3 is 0 Å². The number of carbonyl (C=O) groups is 2. The van der Waals surface area contributed by atoms with Crippen LogP contribution in [0.4, 0.5) is 0 Å². The zero-order valence-corrected chi connectivity index (χ0v) is 19.5. The van der Waals surface area contributed by atoms with Crippen LogP contribution >= 0.6 is 0 Å². The molecule has 0 spiro atoms. The van der Waals surface area contributed by atoms with Crippen LogP contribution in [0.15, 0.2) is 0 Å². The van der Waals surface area contributed by atoms with Gasteiger partial charge in [-0.1, -0.05) is 90.4 Å². The highest BCUT2D eigenvalue weighted by molar-refractivity contribution is 5.75. The van der Waals surface area contributed by atoms with Gasteiger partial charge in [-0.15, -0.1) is 0 Å². The predicted molar refractivity (Wildman–Crippen MR) is 120 cm³/mol. The third-order valence-corrected chi connectivity index (χ3v) is 5.71. The molecular weight excluding hydrogens is 380 g/mol. The number of carboxylic acid groups (broad SMARTS) is 1. The lowest BCUT2D eigenvalue weighted by atomic mass is 10.0. The highest BCUT2D eigenvalue weighted by atomic mass is 16.4. The number of rotatable bonds is 23. The van der Waals surface area contributed by atoms with E-state index in [1.54, 1.807) is 0 Å². The molecule has 0 heterocycles. The molecule has 0 fully saturated rings. The number of hydrogen-bond acceptors (Lipinski definition) is 4. The summed E-state index contributed by atoms with van der Waals surface area (Å²) in [6.07, 6.45) is 18.8. The molecule has 0 bridgehead atoms. The Bertz CT molecular complexity index is 405. The topological polar surface area (TPSA) is 93.9 Å². The summed E-state index contributed by atoms with van der Waals surface area (Å²) in [5.74, 6) is -1.01. The number of nitrogens with one attached hydrogen (secondary N) is 2. The average Bonchev–Trinajstić information content (AvgIpc) is 2.72. The second-order valence-corrected chi connectivity index (χ2v) is 8.54. The van der Waals surface area contributed by atoms with Crippen LogP contribution in [0.3, 0.4) is 0 Å². The number of carbonyl (C=O) groups excluding carboxylic acids is 2. The Labute approximate surface area is 184 Å². The van der Waals surface area contributed by atoms with Crippen molar-refractivity contribution in [3.05, 3.63) is 0 Å². The first kappa shape index (κ1) is 28.9. The SMILES string of the molecule is CCCCCCCCCCCCCCCCC(=O)NCC[NH+](CCO)CCC(=O)[O-]. The van der Waals surface area contributed by atoms with Crippen molar-refractivity contribution >= 4 is 11.9 Å². The number of quaternary nitrogens is 1. The minimum atomic E-state index is -1.08. The Morgan fingerprint density at radius 3 is 1.70 bits per heavy atom. The van der Waals surface area contributed by atoms with E-state index in [0.717, 1.165) is 17.7 Å². The van der Waals surface area contributed by atoms with Crippen LogP contribution in [0.1, 0.15) is 110 Å². The van der Waals surface area contributed by atoms with E-state index in [-0.39, 0.29) is 18.9 Å². The number of aliphatic hydroxyl groups is 1. The van der Waals surface area contributed by atoms with E-state index in [0.29, 0.717) is 32.6 Å². The third kappa shape index (κ3) is 21.6.